The van der Waals surface area contributed by atoms with E-state index in [1.165, 1.54) is 7.11 Å². The van der Waals surface area contributed by atoms with Gasteiger partial charge >= 0.3 is 11.9 Å². The fraction of sp³-hybridized carbons (Fsp3) is 0.348. The molecule has 0 amide bonds. The maximum Gasteiger partial charge on any atom is 0.338 e. The summed E-state index contributed by atoms with van der Waals surface area (Å²) in [6.07, 6.45) is -1.10. The average Bonchev–Trinajstić information content (AvgIpc) is 2.77. The number of carbonyl (C=O) groups is 3. The molecule has 0 saturated heterocycles. The van der Waals surface area contributed by atoms with E-state index < -0.39 is 36.0 Å². The Kier molecular flexibility index (Phi) is 8.55. The minimum Gasteiger partial charge on any atom is -0.469 e. The summed E-state index contributed by atoms with van der Waals surface area (Å²) in [5.74, 6) is -2.45. The number of rotatable bonds is 10. The van der Waals surface area contributed by atoms with Crippen molar-refractivity contribution in [3.63, 3.8) is 0 Å². The van der Waals surface area contributed by atoms with Crippen molar-refractivity contribution >= 4 is 18.2 Å². The smallest absolute Gasteiger partial charge is 0.338 e. The van der Waals surface area contributed by atoms with E-state index in [0.29, 0.717) is 11.8 Å². The van der Waals surface area contributed by atoms with E-state index in [1.54, 1.807) is 44.2 Å². The monoisotopic (exact) mass is 398 g/mol. The molecule has 0 fully saturated rings. The van der Waals surface area contributed by atoms with Gasteiger partial charge in [0.05, 0.1) is 25.2 Å². The lowest BCUT2D eigenvalue weighted by Crippen LogP contribution is -2.42. The number of esters is 2. The van der Waals surface area contributed by atoms with Crippen LogP contribution < -0.4 is 0 Å². The zero-order valence-corrected chi connectivity index (χ0v) is 16.8. The highest BCUT2D eigenvalue weighted by Gasteiger charge is 2.37. The number of ether oxygens (including phenoxy) is 3. The second-order valence-electron chi connectivity index (χ2n) is 6.80. The van der Waals surface area contributed by atoms with E-state index in [-0.39, 0.29) is 6.61 Å². The van der Waals surface area contributed by atoms with Crippen molar-refractivity contribution in [2.45, 2.75) is 32.7 Å². The maximum atomic E-state index is 12.6. The van der Waals surface area contributed by atoms with Crippen molar-refractivity contribution in [1.29, 1.82) is 0 Å². The van der Waals surface area contributed by atoms with Crippen LogP contribution in [0.1, 0.15) is 29.8 Å². The van der Waals surface area contributed by atoms with Crippen LogP contribution >= 0.6 is 0 Å². The molecule has 4 atom stereocenters. The Labute approximate surface area is 170 Å². The Balaban J connectivity index is 2.17. The van der Waals surface area contributed by atoms with Crippen LogP contribution in [0.3, 0.4) is 0 Å². The molecule has 29 heavy (non-hydrogen) atoms. The first kappa shape index (κ1) is 22.3. The van der Waals surface area contributed by atoms with Gasteiger partial charge in [0, 0.05) is 5.92 Å². The normalized spacial score (nSPS) is 14.9. The quantitative estimate of drug-likeness (QED) is 0.451. The first-order valence-corrected chi connectivity index (χ1v) is 9.42. The second-order valence-corrected chi connectivity index (χ2v) is 6.80. The molecule has 0 aromatic heterocycles. The van der Waals surface area contributed by atoms with Crippen LogP contribution in [-0.4, -0.2) is 37.5 Å². The first-order chi connectivity index (χ1) is 14.0. The molecule has 0 aliphatic heterocycles. The summed E-state index contributed by atoms with van der Waals surface area (Å²) in [4.78, 5) is 36.4. The Morgan fingerprint density at radius 2 is 1.55 bits per heavy atom. The summed E-state index contributed by atoms with van der Waals surface area (Å²) in [5.41, 5.74) is 1.26. The van der Waals surface area contributed by atoms with Gasteiger partial charge in [-0.1, -0.05) is 55.5 Å². The molecule has 2 rings (SSSR count). The molecular formula is C23H26O6. The number of methoxy groups -OCH3 is 1. The highest BCUT2D eigenvalue weighted by atomic mass is 16.6. The summed E-state index contributed by atoms with van der Waals surface area (Å²) in [6, 6.07) is 17.9. The molecule has 6 nitrogen and oxygen atoms in total. The zero-order valence-electron chi connectivity index (χ0n) is 16.8. The first-order valence-electron chi connectivity index (χ1n) is 9.42. The minimum atomic E-state index is -0.902. The minimum absolute atomic E-state index is 0.223. The van der Waals surface area contributed by atoms with Gasteiger partial charge < -0.3 is 19.0 Å². The number of hydrogen-bond donors (Lipinski definition) is 0. The van der Waals surface area contributed by atoms with E-state index in [1.807, 2.05) is 30.3 Å². The molecule has 0 heterocycles. The Morgan fingerprint density at radius 3 is 2.10 bits per heavy atom. The number of hydrogen-bond acceptors (Lipinski definition) is 6. The summed E-state index contributed by atoms with van der Waals surface area (Å²) < 4.78 is 16.2. The predicted octanol–water partition coefficient (Wildman–Crippen LogP) is 3.44. The third-order valence-electron chi connectivity index (χ3n) is 4.77. The molecule has 154 valence electrons. The molecule has 0 radical (unpaired) electrons. The van der Waals surface area contributed by atoms with E-state index in [2.05, 4.69) is 0 Å². The lowest BCUT2D eigenvalue weighted by atomic mass is 9.89. The number of benzene rings is 2. The number of carbonyl (C=O) groups excluding carboxylic acids is 3. The summed E-state index contributed by atoms with van der Waals surface area (Å²) >= 11 is 0. The molecule has 0 spiro atoms. The lowest BCUT2D eigenvalue weighted by molar-refractivity contribution is -0.153. The van der Waals surface area contributed by atoms with Crippen LogP contribution in [0.15, 0.2) is 60.7 Å². The van der Waals surface area contributed by atoms with E-state index >= 15 is 0 Å². The third-order valence-corrected chi connectivity index (χ3v) is 4.77. The van der Waals surface area contributed by atoms with Gasteiger partial charge in [0.25, 0.3) is 0 Å². The highest BCUT2D eigenvalue weighted by molar-refractivity contribution is 5.89. The van der Waals surface area contributed by atoms with Gasteiger partial charge in [0.2, 0.25) is 0 Å². The fourth-order valence-electron chi connectivity index (χ4n) is 3.02. The molecule has 6 heteroatoms. The standard InChI is InChI=1S/C23H26O6/c1-16(20(14-24)28-15-18-10-6-4-7-11-18)21(17(2)22(25)27-3)29-23(26)19-12-8-5-9-13-19/h4-14,16-17,20-21H,15H2,1-3H3/t16-,17-,20+,21+/m1/s1. The second kappa shape index (κ2) is 11.1. The van der Waals surface area contributed by atoms with Gasteiger partial charge in [0.1, 0.15) is 18.5 Å². The van der Waals surface area contributed by atoms with Gasteiger partial charge in [-0.05, 0) is 24.6 Å². The van der Waals surface area contributed by atoms with Crippen molar-refractivity contribution in [3.05, 3.63) is 71.8 Å². The molecule has 0 bridgehead atoms. The fourth-order valence-corrected chi connectivity index (χ4v) is 3.02. The van der Waals surface area contributed by atoms with Crippen molar-refractivity contribution in [1.82, 2.24) is 0 Å². The van der Waals surface area contributed by atoms with Crippen molar-refractivity contribution < 1.29 is 28.6 Å². The largest absolute Gasteiger partial charge is 0.469 e. The third kappa shape index (κ3) is 6.26. The van der Waals surface area contributed by atoms with Crippen molar-refractivity contribution in [2.24, 2.45) is 11.8 Å². The van der Waals surface area contributed by atoms with Crippen LogP contribution in [0.25, 0.3) is 0 Å². The van der Waals surface area contributed by atoms with Gasteiger partial charge in [-0.15, -0.1) is 0 Å². The predicted molar refractivity (Wildman–Crippen MR) is 107 cm³/mol. The SMILES string of the molecule is COC(=O)[C@H](C)[C@@H](OC(=O)c1ccccc1)[C@H](C)[C@H](C=O)OCc1ccccc1. The summed E-state index contributed by atoms with van der Waals surface area (Å²) in [6.45, 7) is 3.54. The molecular weight excluding hydrogens is 372 g/mol. The van der Waals surface area contributed by atoms with Crippen molar-refractivity contribution in [3.8, 4) is 0 Å². The molecule has 2 aromatic carbocycles. The maximum absolute atomic E-state index is 12.6. The van der Waals surface area contributed by atoms with Gasteiger partial charge in [-0.2, -0.15) is 0 Å². The van der Waals surface area contributed by atoms with Crippen molar-refractivity contribution in [2.75, 3.05) is 7.11 Å². The molecule has 0 N–H and O–H groups in total. The van der Waals surface area contributed by atoms with Crippen LogP contribution in [0.4, 0.5) is 0 Å². The topological polar surface area (TPSA) is 78.9 Å². The lowest BCUT2D eigenvalue weighted by Gasteiger charge is -2.31. The number of aldehydes is 1. The average molecular weight is 398 g/mol. The highest BCUT2D eigenvalue weighted by Crippen LogP contribution is 2.24. The van der Waals surface area contributed by atoms with Crippen LogP contribution in [0.5, 0.6) is 0 Å². The van der Waals surface area contributed by atoms with E-state index in [9.17, 15) is 14.4 Å². The molecule has 0 saturated carbocycles. The van der Waals surface area contributed by atoms with Crippen LogP contribution in [0.2, 0.25) is 0 Å². The zero-order chi connectivity index (χ0) is 21.2. The Hall–Kier alpha value is -2.99. The molecule has 0 aliphatic carbocycles. The molecule has 2 aromatic rings. The molecule has 0 unspecified atom stereocenters. The van der Waals surface area contributed by atoms with E-state index in [0.717, 1.165) is 5.56 Å². The molecule has 0 aliphatic rings. The van der Waals surface area contributed by atoms with Crippen LogP contribution in [-0.2, 0) is 30.4 Å². The summed E-state index contributed by atoms with van der Waals surface area (Å²) in [5, 5.41) is 0. The van der Waals surface area contributed by atoms with Gasteiger partial charge in [-0.3, -0.25) is 4.79 Å². The Bertz CT molecular complexity index is 790. The van der Waals surface area contributed by atoms with E-state index in [4.69, 9.17) is 14.2 Å². The van der Waals surface area contributed by atoms with Gasteiger partial charge in [0.15, 0.2) is 0 Å². The van der Waals surface area contributed by atoms with Crippen LogP contribution in [0, 0.1) is 11.8 Å². The summed E-state index contributed by atoms with van der Waals surface area (Å²) in [7, 11) is 1.27. The Morgan fingerprint density at radius 1 is 0.966 bits per heavy atom. The van der Waals surface area contributed by atoms with Gasteiger partial charge in [-0.25, -0.2) is 4.79 Å².